The number of carbonyl (C=O) groups excluding carboxylic acids is 1. The maximum absolute atomic E-state index is 13.1. The van der Waals surface area contributed by atoms with Crippen LogP contribution in [0.2, 0.25) is 0 Å². The van der Waals surface area contributed by atoms with Gasteiger partial charge in [-0.1, -0.05) is 61.2 Å². The van der Waals surface area contributed by atoms with Crippen LogP contribution in [0.4, 0.5) is 0 Å². The number of likely N-dealkylation sites (N-methyl/N-ethyl adjacent to an activating group) is 1. The number of benzene rings is 3. The second-order valence-electron chi connectivity index (χ2n) is 8.25. The monoisotopic (exact) mass is 437 g/mol. The van der Waals surface area contributed by atoms with E-state index in [0.29, 0.717) is 17.1 Å². The van der Waals surface area contributed by atoms with Gasteiger partial charge >= 0.3 is 5.97 Å². The number of hydrogen-bond acceptors (Lipinski definition) is 4. The Kier molecular flexibility index (Phi) is 5.09. The van der Waals surface area contributed by atoms with E-state index < -0.39 is 5.60 Å². The molecule has 0 amide bonds. The van der Waals surface area contributed by atoms with E-state index in [-0.39, 0.29) is 5.97 Å². The van der Waals surface area contributed by atoms with E-state index in [1.165, 1.54) is 0 Å². The molecule has 1 atom stereocenters. The van der Waals surface area contributed by atoms with Crippen LogP contribution in [0.15, 0.2) is 96.4 Å². The molecule has 0 bridgehead atoms. The summed E-state index contributed by atoms with van der Waals surface area (Å²) < 4.78 is 12.9. The summed E-state index contributed by atoms with van der Waals surface area (Å²) in [5.41, 5.74) is 2.84. The molecule has 0 saturated heterocycles. The van der Waals surface area contributed by atoms with Crippen LogP contribution < -0.4 is 4.74 Å². The summed E-state index contributed by atoms with van der Waals surface area (Å²) in [5, 5.41) is 2.07. The van der Waals surface area contributed by atoms with Gasteiger partial charge in [-0.05, 0) is 43.7 Å². The minimum atomic E-state index is -1.09. The Morgan fingerprint density at radius 1 is 1.03 bits per heavy atom. The van der Waals surface area contributed by atoms with E-state index >= 15 is 0 Å². The molecule has 2 aliphatic heterocycles. The fraction of sp³-hybridized carbons (Fsp3) is 0.207. The second kappa shape index (κ2) is 7.96. The molecule has 3 aromatic carbocycles. The van der Waals surface area contributed by atoms with Crippen molar-refractivity contribution >= 4 is 16.7 Å². The van der Waals surface area contributed by atoms with Gasteiger partial charge < -0.3 is 14.4 Å². The van der Waals surface area contributed by atoms with Crippen molar-refractivity contribution in [3.63, 3.8) is 0 Å². The summed E-state index contributed by atoms with van der Waals surface area (Å²) in [6, 6.07) is 19.8. The minimum absolute atomic E-state index is 0.326. The molecule has 0 aliphatic carbocycles. The van der Waals surface area contributed by atoms with Crippen molar-refractivity contribution in [1.29, 1.82) is 0 Å². The molecule has 4 heteroatoms. The van der Waals surface area contributed by atoms with Crippen LogP contribution >= 0.6 is 0 Å². The largest absolute Gasteiger partial charge is 0.456 e. The fourth-order valence-electron chi connectivity index (χ4n) is 5.11. The quantitative estimate of drug-likeness (QED) is 0.447. The normalized spacial score (nSPS) is 21.1. The van der Waals surface area contributed by atoms with Gasteiger partial charge in [-0.25, -0.2) is 4.79 Å². The average Bonchev–Trinajstić information content (AvgIpc) is 3.12. The Morgan fingerprint density at radius 2 is 1.76 bits per heavy atom. The smallest absolute Gasteiger partial charge is 0.340 e. The Hall–Kier alpha value is -3.79. The summed E-state index contributed by atoms with van der Waals surface area (Å²) in [5.74, 6) is 0.997. The minimum Gasteiger partial charge on any atom is -0.456 e. The van der Waals surface area contributed by atoms with E-state index in [1.54, 1.807) is 0 Å². The molecule has 1 spiro atoms. The third-order valence-corrected chi connectivity index (χ3v) is 6.64. The molecule has 166 valence electrons. The fourth-order valence-corrected chi connectivity index (χ4v) is 5.11. The summed E-state index contributed by atoms with van der Waals surface area (Å²) in [4.78, 5) is 15.3. The topological polar surface area (TPSA) is 38.8 Å². The van der Waals surface area contributed by atoms with Gasteiger partial charge in [-0.15, -0.1) is 0 Å². The molecular formula is C29H27NO3. The van der Waals surface area contributed by atoms with Crippen molar-refractivity contribution in [3.05, 3.63) is 113 Å². The van der Waals surface area contributed by atoms with Crippen molar-refractivity contribution in [2.24, 2.45) is 0 Å². The predicted molar refractivity (Wildman–Crippen MR) is 131 cm³/mol. The van der Waals surface area contributed by atoms with Crippen LogP contribution in [0.5, 0.6) is 5.75 Å². The van der Waals surface area contributed by atoms with Crippen molar-refractivity contribution in [2.75, 3.05) is 13.1 Å². The molecule has 0 N–H and O–H groups in total. The summed E-state index contributed by atoms with van der Waals surface area (Å²) in [7, 11) is 0. The summed E-state index contributed by atoms with van der Waals surface area (Å²) in [6.07, 6.45) is 3.94. The molecule has 33 heavy (non-hydrogen) atoms. The van der Waals surface area contributed by atoms with Gasteiger partial charge in [-0.3, -0.25) is 0 Å². The highest BCUT2D eigenvalue weighted by Crippen LogP contribution is 2.57. The molecule has 0 fully saturated rings. The Morgan fingerprint density at radius 3 is 2.52 bits per heavy atom. The van der Waals surface area contributed by atoms with E-state index in [1.807, 2.05) is 67.6 Å². The highest BCUT2D eigenvalue weighted by atomic mass is 16.6. The Bertz CT molecular complexity index is 1350. The molecular weight excluding hydrogens is 410 g/mol. The lowest BCUT2D eigenvalue weighted by molar-refractivity contribution is 0.0207. The van der Waals surface area contributed by atoms with Gasteiger partial charge in [0.25, 0.3) is 0 Å². The zero-order valence-electron chi connectivity index (χ0n) is 19.2. The highest BCUT2D eigenvalue weighted by molar-refractivity contribution is 5.99. The molecule has 5 rings (SSSR count). The molecule has 2 aliphatic rings. The zero-order chi connectivity index (χ0) is 23.2. The lowest BCUT2D eigenvalue weighted by Crippen LogP contribution is -2.36. The molecule has 0 saturated carbocycles. The van der Waals surface area contributed by atoms with Gasteiger partial charge in [-0.2, -0.15) is 0 Å². The zero-order valence-corrected chi connectivity index (χ0v) is 19.2. The number of hydrogen-bond donors (Lipinski definition) is 0. The third kappa shape index (κ3) is 3.01. The first-order valence-corrected chi connectivity index (χ1v) is 11.4. The first kappa shape index (κ1) is 21.1. The lowest BCUT2D eigenvalue weighted by Gasteiger charge is -2.39. The maximum atomic E-state index is 13.1. The van der Waals surface area contributed by atoms with Gasteiger partial charge in [0, 0.05) is 36.0 Å². The van der Waals surface area contributed by atoms with Gasteiger partial charge in [0.05, 0.1) is 11.1 Å². The van der Waals surface area contributed by atoms with Crippen molar-refractivity contribution < 1.29 is 14.3 Å². The molecule has 0 aromatic heterocycles. The van der Waals surface area contributed by atoms with E-state index in [0.717, 1.165) is 46.3 Å². The third-order valence-electron chi connectivity index (χ3n) is 6.64. The summed E-state index contributed by atoms with van der Waals surface area (Å²) in [6.45, 7) is 12.1. The number of nitrogens with zero attached hydrogens (tertiary/aromatic N) is 1. The first-order valence-electron chi connectivity index (χ1n) is 11.4. The summed E-state index contributed by atoms with van der Waals surface area (Å²) >= 11 is 0. The van der Waals surface area contributed by atoms with Crippen LogP contribution in [0, 0.1) is 0 Å². The van der Waals surface area contributed by atoms with Crippen molar-refractivity contribution in [3.8, 4) is 5.75 Å². The van der Waals surface area contributed by atoms with E-state index in [2.05, 4.69) is 37.5 Å². The SMILES string of the molecule is C=C(/C=C1/Oc2ccc3ccccc3c2C2(OC(=O)c3ccccc32)/C1=C/C)N(CC)CC. The highest BCUT2D eigenvalue weighted by Gasteiger charge is 2.55. The van der Waals surface area contributed by atoms with Crippen LogP contribution in [0.1, 0.15) is 42.3 Å². The second-order valence-corrected chi connectivity index (χ2v) is 8.25. The van der Waals surface area contributed by atoms with Crippen LogP contribution in [-0.2, 0) is 10.3 Å². The van der Waals surface area contributed by atoms with Crippen molar-refractivity contribution in [2.45, 2.75) is 26.4 Å². The van der Waals surface area contributed by atoms with Crippen LogP contribution in [0.3, 0.4) is 0 Å². The molecule has 3 aromatic rings. The number of rotatable bonds is 4. The predicted octanol–water partition coefficient (Wildman–Crippen LogP) is 6.33. The lowest BCUT2D eigenvalue weighted by atomic mass is 9.74. The maximum Gasteiger partial charge on any atom is 0.340 e. The number of carbonyl (C=O) groups is 1. The van der Waals surface area contributed by atoms with Gasteiger partial charge in [0.2, 0.25) is 0 Å². The Labute approximate surface area is 194 Å². The molecule has 2 heterocycles. The average molecular weight is 438 g/mol. The Balaban J connectivity index is 1.85. The van der Waals surface area contributed by atoms with Crippen LogP contribution in [0.25, 0.3) is 10.8 Å². The van der Waals surface area contributed by atoms with E-state index in [9.17, 15) is 4.79 Å². The number of fused-ring (bicyclic) bond motifs is 6. The van der Waals surface area contributed by atoms with E-state index in [4.69, 9.17) is 9.47 Å². The van der Waals surface area contributed by atoms with Crippen LogP contribution in [-0.4, -0.2) is 24.0 Å². The number of allylic oxidation sites excluding steroid dienone is 2. The standard InChI is InChI=1S/C29H27NO3/c1-5-23-26(18-19(4)30(6-2)7-3)32-25-17-16-20-12-8-9-13-21(20)27(25)29(23)24-15-11-10-14-22(24)28(31)33-29/h5,8-18H,4,6-7H2,1-3H3/b23-5+,26-18+. The number of esters is 1. The van der Waals surface area contributed by atoms with Gasteiger partial charge in [0.15, 0.2) is 5.60 Å². The number of ether oxygens (including phenoxy) is 2. The molecule has 1 unspecified atom stereocenters. The molecule has 4 nitrogen and oxygen atoms in total. The van der Waals surface area contributed by atoms with Gasteiger partial charge in [0.1, 0.15) is 11.5 Å². The molecule has 0 radical (unpaired) electrons. The first-order chi connectivity index (χ1) is 16.0. The van der Waals surface area contributed by atoms with Crippen molar-refractivity contribution in [1.82, 2.24) is 4.90 Å².